The molecule has 0 bridgehead atoms. The molecule has 0 saturated carbocycles. The van der Waals surface area contributed by atoms with Crippen molar-refractivity contribution in [1.29, 1.82) is 0 Å². The van der Waals surface area contributed by atoms with E-state index in [9.17, 15) is 4.79 Å². The van der Waals surface area contributed by atoms with Crippen LogP contribution in [-0.2, 0) is 11.3 Å². The molecular formula is C17H28N6O2. The molecule has 2 aromatic rings. The molecular weight excluding hydrogens is 320 g/mol. The van der Waals surface area contributed by atoms with Crippen LogP contribution in [0, 0.1) is 5.92 Å². The molecule has 0 aliphatic heterocycles. The zero-order valence-corrected chi connectivity index (χ0v) is 15.2. The minimum atomic E-state index is -0.926. The van der Waals surface area contributed by atoms with Gasteiger partial charge in [0.15, 0.2) is 17.0 Å². The molecule has 138 valence electrons. The van der Waals surface area contributed by atoms with Crippen molar-refractivity contribution in [1.82, 2.24) is 19.5 Å². The van der Waals surface area contributed by atoms with Crippen molar-refractivity contribution in [3.63, 3.8) is 0 Å². The number of rotatable bonds is 11. The van der Waals surface area contributed by atoms with E-state index in [2.05, 4.69) is 46.4 Å². The van der Waals surface area contributed by atoms with Crippen molar-refractivity contribution < 1.29 is 9.90 Å². The van der Waals surface area contributed by atoms with Crippen molar-refractivity contribution in [2.24, 2.45) is 5.92 Å². The van der Waals surface area contributed by atoms with Crippen molar-refractivity contribution >= 4 is 28.9 Å². The highest BCUT2D eigenvalue weighted by atomic mass is 16.4. The van der Waals surface area contributed by atoms with E-state index in [1.54, 1.807) is 0 Å². The fraction of sp³-hybridized carbons (Fsp3) is 0.647. The fourth-order valence-electron chi connectivity index (χ4n) is 2.46. The van der Waals surface area contributed by atoms with Gasteiger partial charge in [0.05, 0.1) is 6.33 Å². The highest BCUT2D eigenvalue weighted by Crippen LogP contribution is 2.21. The summed E-state index contributed by atoms with van der Waals surface area (Å²) in [6.45, 7) is 7.89. The molecule has 0 amide bonds. The molecule has 0 spiro atoms. The summed E-state index contributed by atoms with van der Waals surface area (Å²) in [6, 6.07) is 0. The second-order valence-electron chi connectivity index (χ2n) is 6.58. The maximum Gasteiger partial charge on any atom is 0.323 e. The van der Waals surface area contributed by atoms with Crippen LogP contribution in [-0.4, -0.2) is 43.7 Å². The number of fused-ring (bicyclic) bond motifs is 1. The van der Waals surface area contributed by atoms with E-state index < -0.39 is 5.97 Å². The highest BCUT2D eigenvalue weighted by Gasteiger charge is 2.14. The molecule has 25 heavy (non-hydrogen) atoms. The first-order chi connectivity index (χ1) is 12.0. The number of unbranched alkanes of at least 4 members (excludes halogenated alkanes) is 2. The summed E-state index contributed by atoms with van der Waals surface area (Å²) in [6.07, 6.45) is 5.85. The van der Waals surface area contributed by atoms with E-state index in [4.69, 9.17) is 5.11 Å². The Balaban J connectivity index is 2.24. The lowest BCUT2D eigenvalue weighted by atomic mass is 10.1. The molecule has 3 N–H and O–H groups in total. The van der Waals surface area contributed by atoms with Crippen molar-refractivity contribution in [3.8, 4) is 0 Å². The van der Waals surface area contributed by atoms with Crippen molar-refractivity contribution in [2.45, 2.75) is 53.0 Å². The van der Waals surface area contributed by atoms with Gasteiger partial charge in [0.1, 0.15) is 6.54 Å². The van der Waals surface area contributed by atoms with Gasteiger partial charge in [-0.2, -0.15) is 9.97 Å². The van der Waals surface area contributed by atoms with Gasteiger partial charge in [0.2, 0.25) is 5.95 Å². The number of hydrogen-bond donors (Lipinski definition) is 3. The Morgan fingerprint density at radius 1 is 1.24 bits per heavy atom. The summed E-state index contributed by atoms with van der Waals surface area (Å²) in [4.78, 5) is 24.3. The topological polar surface area (TPSA) is 105 Å². The van der Waals surface area contributed by atoms with Crippen LogP contribution in [0.4, 0.5) is 11.8 Å². The molecule has 0 saturated heterocycles. The fourth-order valence-corrected chi connectivity index (χ4v) is 2.46. The van der Waals surface area contributed by atoms with Gasteiger partial charge < -0.3 is 20.3 Å². The molecule has 0 radical (unpaired) electrons. The quantitative estimate of drug-likeness (QED) is 0.536. The first kappa shape index (κ1) is 19.0. The molecule has 2 heterocycles. The van der Waals surface area contributed by atoms with Crippen molar-refractivity contribution in [2.75, 3.05) is 23.7 Å². The number of hydrogen-bond acceptors (Lipinski definition) is 6. The Bertz CT molecular complexity index is 698. The Labute approximate surface area is 148 Å². The van der Waals surface area contributed by atoms with Gasteiger partial charge in [0.25, 0.3) is 0 Å². The van der Waals surface area contributed by atoms with Crippen LogP contribution in [0.2, 0.25) is 0 Å². The average Bonchev–Trinajstić information content (AvgIpc) is 2.94. The van der Waals surface area contributed by atoms with Crippen LogP contribution in [0.25, 0.3) is 11.2 Å². The smallest absolute Gasteiger partial charge is 0.323 e. The highest BCUT2D eigenvalue weighted by molar-refractivity contribution is 5.85. The minimum Gasteiger partial charge on any atom is -0.480 e. The second kappa shape index (κ2) is 9.19. The average molecular weight is 348 g/mol. The SMILES string of the molecule is CCCCCNc1nc(NCCC(C)C)c2ncn(CC(=O)O)c2n1. The normalized spacial score (nSPS) is 11.2. The number of carbonyl (C=O) groups is 1. The molecule has 0 fully saturated rings. The van der Waals surface area contributed by atoms with Crippen LogP contribution in [0.15, 0.2) is 6.33 Å². The zero-order chi connectivity index (χ0) is 18.2. The van der Waals surface area contributed by atoms with Gasteiger partial charge in [-0.15, -0.1) is 0 Å². The van der Waals surface area contributed by atoms with Gasteiger partial charge in [-0.1, -0.05) is 33.6 Å². The first-order valence-electron chi connectivity index (χ1n) is 8.93. The number of aliphatic carboxylic acids is 1. The van der Waals surface area contributed by atoms with Gasteiger partial charge in [-0.05, 0) is 18.8 Å². The summed E-state index contributed by atoms with van der Waals surface area (Å²) in [7, 11) is 0. The number of carboxylic acids is 1. The van der Waals surface area contributed by atoms with E-state index in [1.807, 2.05) is 0 Å². The van der Waals surface area contributed by atoms with E-state index >= 15 is 0 Å². The summed E-state index contributed by atoms with van der Waals surface area (Å²) < 4.78 is 1.53. The third-order valence-electron chi connectivity index (χ3n) is 3.85. The van der Waals surface area contributed by atoms with Crippen LogP contribution < -0.4 is 10.6 Å². The van der Waals surface area contributed by atoms with Gasteiger partial charge in [-0.3, -0.25) is 4.79 Å². The molecule has 0 atom stereocenters. The lowest BCUT2D eigenvalue weighted by Gasteiger charge is -2.11. The third kappa shape index (κ3) is 5.58. The Morgan fingerprint density at radius 2 is 2.04 bits per heavy atom. The Morgan fingerprint density at radius 3 is 2.72 bits per heavy atom. The summed E-state index contributed by atoms with van der Waals surface area (Å²) in [5.74, 6) is 0.807. The number of nitrogens with zero attached hydrogens (tertiary/aromatic N) is 4. The standard InChI is InChI=1S/C17H28N6O2/c1-4-5-6-8-19-17-21-15(18-9-7-12(2)3)14-16(22-17)23(11-20-14)10-13(24)25/h11-12H,4-10H2,1-3H3,(H,24,25)(H2,18,19,21,22). The number of aromatic nitrogens is 4. The van der Waals surface area contributed by atoms with Gasteiger partial charge in [-0.25, -0.2) is 4.98 Å². The zero-order valence-electron chi connectivity index (χ0n) is 15.2. The van der Waals surface area contributed by atoms with Gasteiger partial charge in [0, 0.05) is 13.1 Å². The molecule has 8 heteroatoms. The predicted octanol–water partition coefficient (Wildman–Crippen LogP) is 2.97. The second-order valence-corrected chi connectivity index (χ2v) is 6.58. The number of nitrogens with one attached hydrogen (secondary N) is 2. The molecule has 0 aromatic carbocycles. The lowest BCUT2D eigenvalue weighted by molar-refractivity contribution is -0.137. The number of imidazole rings is 1. The van der Waals surface area contributed by atoms with E-state index in [-0.39, 0.29) is 6.54 Å². The van der Waals surface area contributed by atoms with Crippen LogP contribution >= 0.6 is 0 Å². The molecule has 0 aliphatic carbocycles. The largest absolute Gasteiger partial charge is 0.480 e. The first-order valence-corrected chi connectivity index (χ1v) is 8.93. The monoisotopic (exact) mass is 348 g/mol. The molecule has 2 rings (SSSR count). The van der Waals surface area contributed by atoms with E-state index in [0.717, 1.165) is 38.8 Å². The number of anilines is 2. The van der Waals surface area contributed by atoms with E-state index in [1.165, 1.54) is 10.9 Å². The third-order valence-corrected chi connectivity index (χ3v) is 3.85. The summed E-state index contributed by atoms with van der Waals surface area (Å²) in [5.41, 5.74) is 1.13. The summed E-state index contributed by atoms with van der Waals surface area (Å²) >= 11 is 0. The number of carboxylic acid groups (broad SMARTS) is 1. The molecule has 0 aliphatic rings. The Hall–Kier alpha value is -2.38. The molecule has 8 nitrogen and oxygen atoms in total. The maximum absolute atomic E-state index is 11.0. The molecule has 2 aromatic heterocycles. The van der Waals surface area contributed by atoms with Crippen LogP contribution in [0.1, 0.15) is 46.5 Å². The molecule has 0 unspecified atom stereocenters. The summed E-state index contributed by atoms with van der Waals surface area (Å²) in [5, 5.41) is 15.6. The van der Waals surface area contributed by atoms with Gasteiger partial charge >= 0.3 is 5.97 Å². The van der Waals surface area contributed by atoms with Crippen molar-refractivity contribution in [3.05, 3.63) is 6.33 Å². The Kier molecular flexibility index (Phi) is 6.97. The lowest BCUT2D eigenvalue weighted by Crippen LogP contribution is -2.12. The van der Waals surface area contributed by atoms with Crippen LogP contribution in [0.3, 0.4) is 0 Å². The minimum absolute atomic E-state index is 0.172. The predicted molar refractivity (Wildman–Crippen MR) is 98.9 cm³/mol. The van der Waals surface area contributed by atoms with Crippen LogP contribution in [0.5, 0.6) is 0 Å². The van der Waals surface area contributed by atoms with E-state index in [0.29, 0.717) is 28.8 Å². The maximum atomic E-state index is 11.0.